The largest absolute Gasteiger partial charge is 0.497 e. The minimum atomic E-state index is -0.258. The van der Waals surface area contributed by atoms with E-state index < -0.39 is 0 Å². The highest BCUT2D eigenvalue weighted by atomic mass is 16.5. The summed E-state index contributed by atoms with van der Waals surface area (Å²) in [5, 5.41) is 11.8. The monoisotopic (exact) mass is 272 g/mol. The molecule has 4 N–H and O–H groups in total. The Labute approximate surface area is 117 Å². The number of anilines is 2. The average molecular weight is 272 g/mol. The summed E-state index contributed by atoms with van der Waals surface area (Å²) >= 11 is 0. The molecule has 0 aliphatic carbocycles. The molecule has 0 aliphatic heterocycles. The second kappa shape index (κ2) is 6.08. The summed E-state index contributed by atoms with van der Waals surface area (Å²) < 4.78 is 5.05. The van der Waals surface area contributed by atoms with E-state index >= 15 is 0 Å². The fraction of sp³-hybridized carbons (Fsp3) is 0.133. The number of nitrogens with two attached hydrogens (primary N) is 1. The molecule has 0 fully saturated rings. The smallest absolute Gasteiger partial charge is 0.255 e. The van der Waals surface area contributed by atoms with Crippen molar-refractivity contribution in [1.82, 2.24) is 0 Å². The first-order valence-corrected chi connectivity index (χ1v) is 6.08. The lowest BCUT2D eigenvalue weighted by atomic mass is 10.1. The minimum Gasteiger partial charge on any atom is -0.497 e. The van der Waals surface area contributed by atoms with E-state index in [4.69, 9.17) is 15.6 Å². The Hall–Kier alpha value is -2.53. The highest BCUT2D eigenvalue weighted by Gasteiger charge is 2.08. The molecule has 0 unspecified atom stereocenters. The van der Waals surface area contributed by atoms with Crippen molar-refractivity contribution in [3.8, 4) is 5.75 Å². The van der Waals surface area contributed by atoms with E-state index in [1.165, 1.54) is 0 Å². The zero-order valence-corrected chi connectivity index (χ0v) is 11.1. The van der Waals surface area contributed by atoms with Gasteiger partial charge in [-0.1, -0.05) is 6.07 Å². The van der Waals surface area contributed by atoms with Gasteiger partial charge in [-0.2, -0.15) is 0 Å². The van der Waals surface area contributed by atoms with Gasteiger partial charge in [0.2, 0.25) is 0 Å². The molecule has 0 aliphatic rings. The lowest BCUT2D eigenvalue weighted by Crippen LogP contribution is -2.12. The number of rotatable bonds is 4. The molecule has 2 rings (SSSR count). The number of amides is 1. The fourth-order valence-corrected chi connectivity index (χ4v) is 1.76. The maximum Gasteiger partial charge on any atom is 0.255 e. The quantitative estimate of drug-likeness (QED) is 0.743. The standard InChI is InChI=1S/C15H16N2O3/c1-20-13-6-4-12(5-7-13)17-15(19)10-2-3-11(9-18)14(16)8-10/h2-8,18H,9,16H2,1H3,(H,17,19). The van der Waals surface area contributed by atoms with Crippen LogP contribution in [0.4, 0.5) is 11.4 Å². The molecule has 2 aromatic carbocycles. The third kappa shape index (κ3) is 3.07. The maximum atomic E-state index is 12.1. The predicted octanol–water partition coefficient (Wildman–Crippen LogP) is 2.02. The first-order valence-electron chi connectivity index (χ1n) is 6.08. The van der Waals surface area contributed by atoms with Crippen LogP contribution in [0, 0.1) is 0 Å². The van der Waals surface area contributed by atoms with Crippen LogP contribution in [-0.2, 0) is 6.61 Å². The summed E-state index contributed by atoms with van der Waals surface area (Å²) in [6.45, 7) is -0.147. The van der Waals surface area contributed by atoms with Crippen LogP contribution < -0.4 is 15.8 Å². The van der Waals surface area contributed by atoms with Gasteiger partial charge in [-0.3, -0.25) is 4.79 Å². The van der Waals surface area contributed by atoms with Crippen LogP contribution in [0.1, 0.15) is 15.9 Å². The Morgan fingerprint density at radius 2 is 1.95 bits per heavy atom. The van der Waals surface area contributed by atoms with Gasteiger partial charge in [0, 0.05) is 22.5 Å². The molecular weight excluding hydrogens is 256 g/mol. The molecule has 0 radical (unpaired) electrons. The molecule has 5 heteroatoms. The van der Waals surface area contributed by atoms with Crippen LogP contribution >= 0.6 is 0 Å². The van der Waals surface area contributed by atoms with Gasteiger partial charge in [0.05, 0.1) is 13.7 Å². The zero-order valence-electron chi connectivity index (χ0n) is 11.1. The molecule has 0 bridgehead atoms. The van der Waals surface area contributed by atoms with E-state index in [1.54, 1.807) is 49.6 Å². The number of nitrogen functional groups attached to an aromatic ring is 1. The van der Waals surface area contributed by atoms with Crippen LogP contribution in [0.3, 0.4) is 0 Å². The van der Waals surface area contributed by atoms with E-state index in [-0.39, 0.29) is 12.5 Å². The Bertz CT molecular complexity index is 609. The number of nitrogens with one attached hydrogen (secondary N) is 1. The number of aliphatic hydroxyl groups is 1. The molecule has 0 saturated carbocycles. The van der Waals surface area contributed by atoms with E-state index in [2.05, 4.69) is 5.32 Å². The lowest BCUT2D eigenvalue weighted by Gasteiger charge is -2.08. The van der Waals surface area contributed by atoms with Gasteiger partial charge in [0.25, 0.3) is 5.91 Å². The molecule has 0 saturated heterocycles. The fourth-order valence-electron chi connectivity index (χ4n) is 1.76. The van der Waals surface area contributed by atoms with Crippen LogP contribution in [0.5, 0.6) is 5.75 Å². The molecule has 104 valence electrons. The Morgan fingerprint density at radius 1 is 1.25 bits per heavy atom. The van der Waals surface area contributed by atoms with Gasteiger partial charge in [-0.15, -0.1) is 0 Å². The number of benzene rings is 2. The second-order valence-corrected chi connectivity index (χ2v) is 4.25. The predicted molar refractivity (Wildman–Crippen MR) is 77.7 cm³/mol. The molecule has 0 spiro atoms. The van der Waals surface area contributed by atoms with E-state index in [1.807, 2.05) is 0 Å². The summed E-state index contributed by atoms with van der Waals surface area (Å²) in [5.74, 6) is 0.464. The van der Waals surface area contributed by atoms with Gasteiger partial charge >= 0.3 is 0 Å². The zero-order chi connectivity index (χ0) is 14.5. The van der Waals surface area contributed by atoms with Crippen molar-refractivity contribution < 1.29 is 14.6 Å². The highest BCUT2D eigenvalue weighted by Crippen LogP contribution is 2.18. The van der Waals surface area contributed by atoms with Crippen LogP contribution in [0.15, 0.2) is 42.5 Å². The van der Waals surface area contributed by atoms with Crippen LogP contribution in [-0.4, -0.2) is 18.1 Å². The van der Waals surface area contributed by atoms with Crippen molar-refractivity contribution in [1.29, 1.82) is 0 Å². The summed E-state index contributed by atoms with van der Waals surface area (Å²) in [7, 11) is 1.58. The first-order chi connectivity index (χ1) is 9.63. The molecule has 0 aromatic heterocycles. The highest BCUT2D eigenvalue weighted by molar-refractivity contribution is 6.04. The Morgan fingerprint density at radius 3 is 2.50 bits per heavy atom. The molecular formula is C15H16N2O3. The summed E-state index contributed by atoms with van der Waals surface area (Å²) in [5.41, 5.74) is 7.85. The van der Waals surface area contributed by atoms with Crippen molar-refractivity contribution in [3.05, 3.63) is 53.6 Å². The van der Waals surface area contributed by atoms with Crippen molar-refractivity contribution in [2.45, 2.75) is 6.61 Å². The van der Waals surface area contributed by atoms with Crippen molar-refractivity contribution >= 4 is 17.3 Å². The number of methoxy groups -OCH3 is 1. The van der Waals surface area contributed by atoms with E-state index in [0.29, 0.717) is 22.5 Å². The normalized spacial score (nSPS) is 10.1. The molecule has 2 aromatic rings. The third-order valence-corrected chi connectivity index (χ3v) is 2.93. The van der Waals surface area contributed by atoms with Gasteiger partial charge in [-0.05, 0) is 36.4 Å². The third-order valence-electron chi connectivity index (χ3n) is 2.93. The van der Waals surface area contributed by atoms with E-state index in [0.717, 1.165) is 5.75 Å². The van der Waals surface area contributed by atoms with Crippen molar-refractivity contribution in [2.24, 2.45) is 0 Å². The SMILES string of the molecule is COc1ccc(NC(=O)c2ccc(CO)c(N)c2)cc1. The van der Waals surface area contributed by atoms with Gasteiger partial charge in [-0.25, -0.2) is 0 Å². The first kappa shape index (κ1) is 13.9. The maximum absolute atomic E-state index is 12.1. The van der Waals surface area contributed by atoms with Crippen LogP contribution in [0.25, 0.3) is 0 Å². The average Bonchev–Trinajstić information content (AvgIpc) is 2.48. The van der Waals surface area contributed by atoms with Gasteiger partial charge in [0.1, 0.15) is 5.75 Å². The van der Waals surface area contributed by atoms with Gasteiger partial charge < -0.3 is 20.9 Å². The van der Waals surface area contributed by atoms with Crippen molar-refractivity contribution in [3.63, 3.8) is 0 Å². The Kier molecular flexibility index (Phi) is 4.22. The number of ether oxygens (including phenoxy) is 1. The number of hydrogen-bond acceptors (Lipinski definition) is 4. The van der Waals surface area contributed by atoms with Gasteiger partial charge in [0.15, 0.2) is 0 Å². The number of aliphatic hydroxyl groups excluding tert-OH is 1. The molecule has 0 heterocycles. The Balaban J connectivity index is 2.12. The number of carbonyl (C=O) groups excluding carboxylic acids is 1. The summed E-state index contributed by atoms with van der Waals surface area (Å²) in [4.78, 5) is 12.1. The summed E-state index contributed by atoms with van der Waals surface area (Å²) in [6, 6.07) is 11.8. The van der Waals surface area contributed by atoms with Crippen LogP contribution in [0.2, 0.25) is 0 Å². The lowest BCUT2D eigenvalue weighted by molar-refractivity contribution is 0.102. The van der Waals surface area contributed by atoms with Crippen molar-refractivity contribution in [2.75, 3.05) is 18.2 Å². The minimum absolute atomic E-state index is 0.147. The van der Waals surface area contributed by atoms with E-state index in [9.17, 15) is 4.79 Å². The number of hydrogen-bond donors (Lipinski definition) is 3. The summed E-state index contributed by atoms with van der Waals surface area (Å²) in [6.07, 6.45) is 0. The molecule has 5 nitrogen and oxygen atoms in total. The topological polar surface area (TPSA) is 84.6 Å². The second-order valence-electron chi connectivity index (χ2n) is 4.25. The number of carbonyl (C=O) groups is 1. The molecule has 0 atom stereocenters. The molecule has 20 heavy (non-hydrogen) atoms. The molecule has 1 amide bonds.